The van der Waals surface area contributed by atoms with Gasteiger partial charge in [0.15, 0.2) is 17.3 Å². The van der Waals surface area contributed by atoms with Crippen LogP contribution in [0.25, 0.3) is 5.69 Å². The predicted octanol–water partition coefficient (Wildman–Crippen LogP) is 3.51. The third-order valence-corrected chi connectivity index (χ3v) is 7.15. The van der Waals surface area contributed by atoms with E-state index in [0.29, 0.717) is 23.5 Å². The van der Waals surface area contributed by atoms with Crippen LogP contribution in [0.5, 0.6) is 11.5 Å². The van der Waals surface area contributed by atoms with E-state index < -0.39 is 11.6 Å². The maximum atomic E-state index is 13.2. The number of carbonyl (C=O) groups is 3. The van der Waals surface area contributed by atoms with Crippen molar-refractivity contribution in [2.24, 2.45) is 5.92 Å². The lowest BCUT2D eigenvalue weighted by atomic mass is 9.73. The van der Waals surface area contributed by atoms with Crippen LogP contribution in [0.1, 0.15) is 54.4 Å². The molecule has 0 radical (unpaired) electrons. The molecule has 3 amide bonds. The first-order valence-electron chi connectivity index (χ1n) is 11.1. The van der Waals surface area contributed by atoms with E-state index in [0.717, 1.165) is 41.2 Å². The number of aryl methyl sites for hydroxylation is 1. The average Bonchev–Trinajstić information content (AvgIpc) is 3.41. The summed E-state index contributed by atoms with van der Waals surface area (Å²) in [4.78, 5) is 40.2. The summed E-state index contributed by atoms with van der Waals surface area (Å²) >= 11 is 0. The molecule has 1 aromatic carbocycles. The number of ketones is 1. The highest BCUT2D eigenvalue weighted by atomic mass is 16.7. The molecule has 168 valence electrons. The Hall–Kier alpha value is -3.29. The number of hydrogen-bond acceptors (Lipinski definition) is 5. The highest BCUT2D eigenvalue weighted by Gasteiger charge is 2.55. The van der Waals surface area contributed by atoms with Crippen molar-refractivity contribution in [2.45, 2.75) is 52.0 Å². The van der Waals surface area contributed by atoms with E-state index in [9.17, 15) is 14.4 Å². The molecule has 2 atom stereocenters. The summed E-state index contributed by atoms with van der Waals surface area (Å²) in [7, 11) is 0. The summed E-state index contributed by atoms with van der Waals surface area (Å²) < 4.78 is 12.8. The van der Waals surface area contributed by atoms with Crippen molar-refractivity contribution in [3.05, 3.63) is 41.2 Å². The zero-order valence-electron chi connectivity index (χ0n) is 18.6. The number of rotatable bonds is 4. The number of benzene rings is 1. The minimum absolute atomic E-state index is 0.0591. The van der Waals surface area contributed by atoms with Crippen LogP contribution in [0, 0.1) is 19.8 Å². The van der Waals surface area contributed by atoms with Gasteiger partial charge in [0.25, 0.3) is 5.91 Å². The molecule has 0 bridgehead atoms. The Balaban J connectivity index is 1.40. The van der Waals surface area contributed by atoms with Gasteiger partial charge in [-0.05, 0) is 50.8 Å². The maximum Gasteiger partial charge on any atom is 0.325 e. The third kappa shape index (κ3) is 3.00. The summed E-state index contributed by atoms with van der Waals surface area (Å²) in [5.74, 6) is 0.886. The van der Waals surface area contributed by atoms with Crippen molar-refractivity contribution in [1.82, 2.24) is 14.8 Å². The average molecular weight is 437 g/mol. The second kappa shape index (κ2) is 7.39. The predicted molar refractivity (Wildman–Crippen MR) is 116 cm³/mol. The highest BCUT2D eigenvalue weighted by Crippen LogP contribution is 2.38. The molecular formula is C24H27N3O5. The molecule has 8 nitrogen and oxygen atoms in total. The standard InChI is InChI=1S/C24H27N3O5/c1-14-6-4-5-9-24(14)22(29)26(23(30)25-24)12-19(28)18-10-15(2)27(16(18)3)17-7-8-20-21(11-17)32-13-31-20/h7-8,10-11,14H,4-6,9,12-13H2,1-3H3,(H,25,30). The normalized spacial score (nSPS) is 24.3. The zero-order valence-corrected chi connectivity index (χ0v) is 18.6. The number of hydrogen-bond donors (Lipinski definition) is 1. The van der Waals surface area contributed by atoms with Crippen molar-refractivity contribution < 1.29 is 23.9 Å². The van der Waals surface area contributed by atoms with Crippen LogP contribution in [0.3, 0.4) is 0 Å². The van der Waals surface area contributed by atoms with Gasteiger partial charge in [-0.25, -0.2) is 4.79 Å². The van der Waals surface area contributed by atoms with E-state index >= 15 is 0 Å². The summed E-state index contributed by atoms with van der Waals surface area (Å²) in [5, 5.41) is 2.91. The van der Waals surface area contributed by atoms with E-state index in [1.807, 2.05) is 43.5 Å². The van der Waals surface area contributed by atoms with Crippen LogP contribution in [-0.4, -0.2) is 46.1 Å². The summed E-state index contributed by atoms with van der Waals surface area (Å²) in [6, 6.07) is 6.97. The Morgan fingerprint density at radius 1 is 1.16 bits per heavy atom. The molecule has 2 unspecified atom stereocenters. The minimum Gasteiger partial charge on any atom is -0.454 e. The van der Waals surface area contributed by atoms with Gasteiger partial charge < -0.3 is 19.4 Å². The van der Waals surface area contributed by atoms with Crippen molar-refractivity contribution in [2.75, 3.05) is 13.3 Å². The Bertz CT molecular complexity index is 1140. The first-order chi connectivity index (χ1) is 15.3. The Morgan fingerprint density at radius 2 is 1.94 bits per heavy atom. The fraction of sp³-hybridized carbons (Fsp3) is 0.458. The van der Waals surface area contributed by atoms with E-state index in [1.165, 1.54) is 0 Å². The number of ether oxygens (including phenoxy) is 2. The van der Waals surface area contributed by atoms with Crippen LogP contribution >= 0.6 is 0 Å². The number of fused-ring (bicyclic) bond motifs is 1. The van der Waals surface area contributed by atoms with Gasteiger partial charge in [0.05, 0.1) is 6.54 Å². The van der Waals surface area contributed by atoms with Gasteiger partial charge >= 0.3 is 6.03 Å². The van der Waals surface area contributed by atoms with E-state index in [-0.39, 0.29) is 30.9 Å². The Kier molecular flexibility index (Phi) is 4.76. The van der Waals surface area contributed by atoms with E-state index in [2.05, 4.69) is 5.32 Å². The second-order valence-electron chi connectivity index (χ2n) is 9.02. The van der Waals surface area contributed by atoms with Gasteiger partial charge in [-0.2, -0.15) is 0 Å². The monoisotopic (exact) mass is 437 g/mol. The molecule has 8 heteroatoms. The fourth-order valence-corrected chi connectivity index (χ4v) is 5.33. The molecule has 3 aliphatic rings. The molecule has 1 saturated heterocycles. The number of aromatic nitrogens is 1. The molecule has 1 spiro atoms. The Labute approximate surface area is 186 Å². The molecule has 2 fully saturated rings. The topological polar surface area (TPSA) is 89.9 Å². The molecule has 1 aromatic heterocycles. The van der Waals surface area contributed by atoms with Crippen molar-refractivity contribution in [3.8, 4) is 17.2 Å². The number of urea groups is 1. The first-order valence-corrected chi connectivity index (χ1v) is 11.1. The van der Waals surface area contributed by atoms with Crippen molar-refractivity contribution in [1.29, 1.82) is 0 Å². The number of amides is 3. The van der Waals surface area contributed by atoms with Crippen LogP contribution in [0.4, 0.5) is 4.79 Å². The van der Waals surface area contributed by atoms with Gasteiger partial charge in [-0.1, -0.05) is 19.8 Å². The molecule has 1 aliphatic carbocycles. The van der Waals surface area contributed by atoms with Gasteiger partial charge in [-0.3, -0.25) is 14.5 Å². The minimum atomic E-state index is -0.862. The molecule has 5 rings (SSSR count). The molecule has 2 aliphatic heterocycles. The maximum absolute atomic E-state index is 13.2. The van der Waals surface area contributed by atoms with Gasteiger partial charge in [-0.15, -0.1) is 0 Å². The first kappa shape index (κ1) is 20.6. The van der Waals surface area contributed by atoms with E-state index in [1.54, 1.807) is 6.07 Å². The lowest BCUT2D eigenvalue weighted by Crippen LogP contribution is -2.54. The SMILES string of the molecule is Cc1cc(C(=O)CN2C(=O)NC3(CCCCC3C)C2=O)c(C)n1-c1ccc2c(c1)OCO2. The van der Waals surface area contributed by atoms with Gasteiger partial charge in [0.2, 0.25) is 6.79 Å². The molecule has 1 saturated carbocycles. The van der Waals surface area contributed by atoms with Crippen LogP contribution in [-0.2, 0) is 4.79 Å². The summed E-state index contributed by atoms with van der Waals surface area (Å²) in [6.07, 6.45) is 3.47. The molecule has 3 heterocycles. The van der Waals surface area contributed by atoms with Crippen molar-refractivity contribution >= 4 is 17.7 Å². The number of nitrogens with one attached hydrogen (secondary N) is 1. The van der Waals surface area contributed by atoms with Crippen LogP contribution < -0.4 is 14.8 Å². The number of nitrogens with zero attached hydrogens (tertiary/aromatic N) is 2. The van der Waals surface area contributed by atoms with Crippen LogP contribution in [0.2, 0.25) is 0 Å². The fourth-order valence-electron chi connectivity index (χ4n) is 5.33. The van der Waals surface area contributed by atoms with Crippen LogP contribution in [0.15, 0.2) is 24.3 Å². The quantitative estimate of drug-likeness (QED) is 0.584. The molecule has 32 heavy (non-hydrogen) atoms. The Morgan fingerprint density at radius 3 is 2.72 bits per heavy atom. The van der Waals surface area contributed by atoms with Gasteiger partial charge in [0.1, 0.15) is 5.54 Å². The number of carbonyl (C=O) groups excluding carboxylic acids is 3. The third-order valence-electron chi connectivity index (χ3n) is 7.15. The highest BCUT2D eigenvalue weighted by molar-refractivity contribution is 6.11. The second-order valence-corrected chi connectivity index (χ2v) is 9.02. The lowest BCUT2D eigenvalue weighted by molar-refractivity contribution is -0.133. The largest absolute Gasteiger partial charge is 0.454 e. The number of imide groups is 1. The zero-order chi connectivity index (χ0) is 22.6. The van der Waals surface area contributed by atoms with Crippen molar-refractivity contribution in [3.63, 3.8) is 0 Å². The van der Waals surface area contributed by atoms with E-state index in [4.69, 9.17) is 9.47 Å². The number of Topliss-reactive ketones (excluding diaryl/α,β-unsaturated/α-hetero) is 1. The summed E-state index contributed by atoms with van der Waals surface area (Å²) in [5.41, 5.74) is 2.11. The molecule has 1 N–H and O–H groups in total. The molecule has 2 aromatic rings. The lowest BCUT2D eigenvalue weighted by Gasteiger charge is -2.36. The van der Waals surface area contributed by atoms with Gasteiger partial charge in [0, 0.05) is 28.7 Å². The molecular weight excluding hydrogens is 410 g/mol. The summed E-state index contributed by atoms with van der Waals surface area (Å²) in [6.45, 7) is 5.71. The smallest absolute Gasteiger partial charge is 0.325 e.